The Bertz CT molecular complexity index is 396. The topological polar surface area (TPSA) is 36.9 Å². The van der Waals surface area contributed by atoms with E-state index in [-0.39, 0.29) is 19.2 Å². The summed E-state index contributed by atoms with van der Waals surface area (Å²) in [5, 5.41) is 0. The van der Waals surface area contributed by atoms with Crippen LogP contribution in [-0.4, -0.2) is 25.4 Å². The third-order valence-corrected chi connectivity index (χ3v) is 2.93. The van der Waals surface area contributed by atoms with Crippen LogP contribution in [-0.2, 0) is 9.47 Å². The Labute approximate surface area is 98.0 Å². The molecule has 1 saturated heterocycles. The van der Waals surface area contributed by atoms with Crippen LogP contribution < -0.4 is 9.47 Å². The van der Waals surface area contributed by atoms with Crippen molar-refractivity contribution in [3.05, 3.63) is 23.8 Å². The van der Waals surface area contributed by atoms with E-state index in [4.69, 9.17) is 30.5 Å². The van der Waals surface area contributed by atoms with Gasteiger partial charge in [-0.2, -0.15) is 0 Å². The molecule has 0 saturated carbocycles. The molecule has 2 aliphatic rings. The van der Waals surface area contributed by atoms with E-state index in [0.717, 1.165) is 17.1 Å². The van der Waals surface area contributed by atoms with Gasteiger partial charge in [-0.1, -0.05) is 0 Å². The molecule has 1 aromatic carbocycles. The molecule has 0 spiro atoms. The molecule has 2 heterocycles. The number of alkyl halides is 1. The van der Waals surface area contributed by atoms with E-state index in [1.165, 1.54) is 0 Å². The Morgan fingerprint density at radius 2 is 2.12 bits per heavy atom. The summed E-state index contributed by atoms with van der Waals surface area (Å²) in [5.41, 5.74) is 0.928. The number of benzene rings is 1. The van der Waals surface area contributed by atoms with Crippen LogP contribution in [0.4, 0.5) is 0 Å². The first-order valence-corrected chi connectivity index (χ1v) is 5.63. The summed E-state index contributed by atoms with van der Waals surface area (Å²) in [6, 6.07) is 5.65. The van der Waals surface area contributed by atoms with Gasteiger partial charge in [-0.05, 0) is 18.2 Å². The van der Waals surface area contributed by atoms with E-state index in [9.17, 15) is 0 Å². The third kappa shape index (κ3) is 1.73. The molecule has 16 heavy (non-hydrogen) atoms. The summed E-state index contributed by atoms with van der Waals surface area (Å²) in [6.07, 6.45) is -0.379. The molecule has 86 valence electrons. The number of hydrogen-bond donors (Lipinski definition) is 0. The molecule has 0 radical (unpaired) electrons. The highest BCUT2D eigenvalue weighted by molar-refractivity contribution is 6.18. The van der Waals surface area contributed by atoms with E-state index >= 15 is 0 Å². The Morgan fingerprint density at radius 3 is 2.94 bits per heavy atom. The minimum atomic E-state index is -0.349. The van der Waals surface area contributed by atoms with Crippen LogP contribution in [0, 0.1) is 0 Å². The first-order chi connectivity index (χ1) is 7.86. The maximum absolute atomic E-state index is 5.70. The van der Waals surface area contributed by atoms with Gasteiger partial charge in [0.15, 0.2) is 17.8 Å². The van der Waals surface area contributed by atoms with Gasteiger partial charge < -0.3 is 18.9 Å². The van der Waals surface area contributed by atoms with Gasteiger partial charge in [0.1, 0.15) is 0 Å². The lowest BCUT2D eigenvalue weighted by Crippen LogP contribution is -2.10. The Balaban J connectivity index is 1.80. The van der Waals surface area contributed by atoms with Crippen molar-refractivity contribution in [2.45, 2.75) is 12.4 Å². The van der Waals surface area contributed by atoms with Gasteiger partial charge in [-0.3, -0.25) is 0 Å². The van der Waals surface area contributed by atoms with Crippen molar-refractivity contribution in [2.24, 2.45) is 0 Å². The van der Waals surface area contributed by atoms with Crippen molar-refractivity contribution in [3.63, 3.8) is 0 Å². The molecule has 5 heteroatoms. The summed E-state index contributed by atoms with van der Waals surface area (Å²) in [7, 11) is 0. The first kappa shape index (κ1) is 10.2. The minimum Gasteiger partial charge on any atom is -0.454 e. The lowest BCUT2D eigenvalue weighted by atomic mass is 10.2. The number of halogens is 1. The molecule has 0 amide bonds. The van der Waals surface area contributed by atoms with Crippen LogP contribution in [0.5, 0.6) is 11.5 Å². The van der Waals surface area contributed by atoms with E-state index in [1.54, 1.807) is 0 Å². The Morgan fingerprint density at radius 1 is 1.25 bits per heavy atom. The molecule has 2 aliphatic heterocycles. The van der Waals surface area contributed by atoms with E-state index in [1.807, 2.05) is 18.2 Å². The molecule has 0 bridgehead atoms. The van der Waals surface area contributed by atoms with Crippen LogP contribution in [0.2, 0.25) is 0 Å². The molecule has 4 nitrogen and oxygen atoms in total. The number of rotatable bonds is 2. The summed E-state index contributed by atoms with van der Waals surface area (Å²) in [5.74, 6) is 1.94. The lowest BCUT2D eigenvalue weighted by molar-refractivity contribution is -0.0567. The smallest absolute Gasteiger partial charge is 0.231 e. The van der Waals surface area contributed by atoms with E-state index in [2.05, 4.69) is 0 Å². The van der Waals surface area contributed by atoms with E-state index in [0.29, 0.717) is 12.5 Å². The number of ether oxygens (including phenoxy) is 4. The highest BCUT2D eigenvalue weighted by atomic mass is 35.5. The molecule has 1 fully saturated rings. The third-order valence-electron chi connectivity index (χ3n) is 2.59. The maximum atomic E-state index is 5.70. The number of hydrogen-bond acceptors (Lipinski definition) is 4. The molecule has 0 N–H and O–H groups in total. The second-order valence-corrected chi connectivity index (χ2v) is 4.00. The summed E-state index contributed by atoms with van der Waals surface area (Å²) >= 11 is 5.70. The van der Waals surface area contributed by atoms with Gasteiger partial charge in [0, 0.05) is 5.56 Å². The second kappa shape index (κ2) is 4.13. The highest BCUT2D eigenvalue weighted by Crippen LogP contribution is 2.36. The highest BCUT2D eigenvalue weighted by Gasteiger charge is 2.28. The zero-order chi connectivity index (χ0) is 11.0. The Hall–Kier alpha value is -0.970. The van der Waals surface area contributed by atoms with Crippen molar-refractivity contribution in [2.75, 3.05) is 19.3 Å². The fourth-order valence-electron chi connectivity index (χ4n) is 1.76. The van der Waals surface area contributed by atoms with Crippen LogP contribution in [0.25, 0.3) is 0 Å². The summed E-state index contributed by atoms with van der Waals surface area (Å²) in [4.78, 5) is 0. The molecular formula is C11H11ClO4. The predicted octanol–water partition coefficient (Wildman–Crippen LogP) is 2.07. The van der Waals surface area contributed by atoms with Crippen molar-refractivity contribution in [3.8, 4) is 11.5 Å². The van der Waals surface area contributed by atoms with Crippen molar-refractivity contribution in [1.29, 1.82) is 0 Å². The van der Waals surface area contributed by atoms with Crippen LogP contribution in [0.15, 0.2) is 18.2 Å². The van der Waals surface area contributed by atoms with Gasteiger partial charge in [-0.25, -0.2) is 0 Å². The molecular weight excluding hydrogens is 232 g/mol. The molecule has 3 rings (SSSR count). The molecule has 1 aromatic rings. The monoisotopic (exact) mass is 242 g/mol. The van der Waals surface area contributed by atoms with Gasteiger partial charge in [0.25, 0.3) is 0 Å². The minimum absolute atomic E-state index is 0.0305. The lowest BCUT2D eigenvalue weighted by Gasteiger charge is -2.10. The maximum Gasteiger partial charge on any atom is 0.231 e. The van der Waals surface area contributed by atoms with E-state index < -0.39 is 0 Å². The SMILES string of the molecule is ClC[C@H]1CO[C@H](c2ccc3c(c2)OCO3)O1. The van der Waals surface area contributed by atoms with Gasteiger partial charge in [0.2, 0.25) is 6.79 Å². The fraction of sp³-hybridized carbons (Fsp3) is 0.455. The molecule has 0 aliphatic carbocycles. The van der Waals surface area contributed by atoms with Gasteiger partial charge in [0.05, 0.1) is 18.6 Å². The standard InChI is InChI=1S/C11H11ClO4/c12-4-8-5-13-11(16-8)7-1-2-9-10(3-7)15-6-14-9/h1-3,8,11H,4-6H2/t8-,11-/m0/s1. The normalized spacial score (nSPS) is 27.3. The molecule has 2 atom stereocenters. The van der Waals surface area contributed by atoms with Crippen LogP contribution in [0.1, 0.15) is 11.9 Å². The molecule has 0 aromatic heterocycles. The zero-order valence-electron chi connectivity index (χ0n) is 8.52. The van der Waals surface area contributed by atoms with Gasteiger partial charge >= 0.3 is 0 Å². The van der Waals surface area contributed by atoms with Crippen LogP contribution >= 0.6 is 11.6 Å². The quantitative estimate of drug-likeness (QED) is 0.744. The largest absolute Gasteiger partial charge is 0.454 e. The molecule has 0 unspecified atom stereocenters. The second-order valence-electron chi connectivity index (χ2n) is 3.69. The van der Waals surface area contributed by atoms with Crippen molar-refractivity contribution >= 4 is 11.6 Å². The first-order valence-electron chi connectivity index (χ1n) is 5.09. The Kier molecular flexibility index (Phi) is 2.63. The average Bonchev–Trinajstić information content (AvgIpc) is 2.96. The van der Waals surface area contributed by atoms with Crippen molar-refractivity contribution < 1.29 is 18.9 Å². The summed E-state index contributed by atoms with van der Waals surface area (Å²) in [6.45, 7) is 0.804. The average molecular weight is 243 g/mol. The summed E-state index contributed by atoms with van der Waals surface area (Å²) < 4.78 is 21.6. The zero-order valence-corrected chi connectivity index (χ0v) is 9.27. The van der Waals surface area contributed by atoms with Crippen LogP contribution in [0.3, 0.4) is 0 Å². The predicted molar refractivity (Wildman–Crippen MR) is 56.9 cm³/mol. The van der Waals surface area contributed by atoms with Crippen molar-refractivity contribution in [1.82, 2.24) is 0 Å². The number of fused-ring (bicyclic) bond motifs is 1. The fourth-order valence-corrected chi connectivity index (χ4v) is 1.93. The van der Waals surface area contributed by atoms with Gasteiger partial charge in [-0.15, -0.1) is 11.6 Å².